The van der Waals surface area contributed by atoms with Crippen molar-refractivity contribution in [1.29, 1.82) is 0 Å². The van der Waals surface area contributed by atoms with Crippen molar-refractivity contribution in [1.82, 2.24) is 0 Å². The summed E-state index contributed by atoms with van der Waals surface area (Å²) in [4.78, 5) is 0. The van der Waals surface area contributed by atoms with Crippen LogP contribution in [0.25, 0.3) is 0 Å². The number of aliphatic hydroxyl groups is 1. The molecule has 1 aliphatic carbocycles. The van der Waals surface area contributed by atoms with Crippen LogP contribution in [0, 0.1) is 12.3 Å². The Hall–Kier alpha value is -0.540. The Balaban J connectivity index is 2.02. The molecule has 1 aliphatic rings. The van der Waals surface area contributed by atoms with Crippen molar-refractivity contribution in [2.45, 2.75) is 19.8 Å². The summed E-state index contributed by atoms with van der Waals surface area (Å²) < 4.78 is 6.81. The molecule has 1 aromatic carbocycles. The molecule has 1 fully saturated rings. The monoisotopic (exact) mass is 270 g/mol. The summed E-state index contributed by atoms with van der Waals surface area (Å²) in [5.41, 5.74) is 1.17. The molecule has 0 bridgehead atoms. The highest BCUT2D eigenvalue weighted by Gasteiger charge is 2.43. The van der Waals surface area contributed by atoms with Crippen LogP contribution in [0.3, 0.4) is 0 Å². The number of hydrogen-bond donors (Lipinski definition) is 1. The predicted molar refractivity (Wildman–Crippen MR) is 63.1 cm³/mol. The quantitative estimate of drug-likeness (QED) is 0.912. The highest BCUT2D eigenvalue weighted by atomic mass is 79.9. The Labute approximate surface area is 98.4 Å². The Bertz CT molecular complexity index is 359. The summed E-state index contributed by atoms with van der Waals surface area (Å²) in [5.74, 6) is 0.907. The largest absolute Gasteiger partial charge is 0.493 e. The third kappa shape index (κ3) is 2.34. The summed E-state index contributed by atoms with van der Waals surface area (Å²) in [7, 11) is 0. The molecule has 0 amide bonds. The first-order valence-electron chi connectivity index (χ1n) is 5.16. The van der Waals surface area contributed by atoms with Gasteiger partial charge in [0.25, 0.3) is 0 Å². The molecule has 1 N–H and O–H groups in total. The molecular formula is C12H15BrO2. The number of ether oxygens (including phenoxy) is 1. The van der Waals surface area contributed by atoms with Crippen LogP contribution in [0.5, 0.6) is 5.75 Å². The van der Waals surface area contributed by atoms with Crippen LogP contribution < -0.4 is 4.74 Å². The van der Waals surface area contributed by atoms with Gasteiger partial charge in [-0.2, -0.15) is 0 Å². The maximum Gasteiger partial charge on any atom is 0.123 e. The lowest BCUT2D eigenvalue weighted by molar-refractivity contribution is 0.146. The van der Waals surface area contributed by atoms with E-state index in [2.05, 4.69) is 15.9 Å². The first-order valence-corrected chi connectivity index (χ1v) is 5.95. The average molecular weight is 271 g/mol. The van der Waals surface area contributed by atoms with E-state index in [1.165, 1.54) is 0 Å². The van der Waals surface area contributed by atoms with Gasteiger partial charge in [-0.1, -0.05) is 22.0 Å². The van der Waals surface area contributed by atoms with Crippen molar-refractivity contribution in [2.24, 2.45) is 5.41 Å². The number of rotatable bonds is 4. The number of halogens is 1. The van der Waals surface area contributed by atoms with Crippen LogP contribution >= 0.6 is 15.9 Å². The maximum atomic E-state index is 9.17. The minimum atomic E-state index is 0.0504. The van der Waals surface area contributed by atoms with E-state index in [4.69, 9.17) is 9.84 Å². The summed E-state index contributed by atoms with van der Waals surface area (Å²) in [6.45, 7) is 2.89. The van der Waals surface area contributed by atoms with E-state index >= 15 is 0 Å². The lowest BCUT2D eigenvalue weighted by atomic mass is 10.1. The van der Waals surface area contributed by atoms with E-state index in [0.717, 1.165) is 28.6 Å². The normalized spacial score (nSPS) is 17.5. The van der Waals surface area contributed by atoms with Crippen molar-refractivity contribution < 1.29 is 9.84 Å². The lowest BCUT2D eigenvalue weighted by Gasteiger charge is -2.15. The molecule has 0 spiro atoms. The van der Waals surface area contributed by atoms with E-state index in [1.807, 2.05) is 25.1 Å². The van der Waals surface area contributed by atoms with Gasteiger partial charge in [-0.05, 0) is 31.9 Å². The zero-order valence-electron chi connectivity index (χ0n) is 8.79. The topological polar surface area (TPSA) is 29.5 Å². The molecule has 0 unspecified atom stereocenters. The Morgan fingerprint density at radius 2 is 2.20 bits per heavy atom. The highest BCUT2D eigenvalue weighted by molar-refractivity contribution is 9.10. The second kappa shape index (κ2) is 4.14. The Kier molecular flexibility index (Phi) is 3.03. The molecule has 15 heavy (non-hydrogen) atoms. The van der Waals surface area contributed by atoms with Gasteiger partial charge in [-0.25, -0.2) is 0 Å². The van der Waals surface area contributed by atoms with Gasteiger partial charge in [0.15, 0.2) is 0 Å². The second-order valence-corrected chi connectivity index (χ2v) is 5.16. The fraction of sp³-hybridized carbons (Fsp3) is 0.500. The minimum absolute atomic E-state index is 0.0504. The van der Waals surface area contributed by atoms with Crippen LogP contribution in [0.2, 0.25) is 0 Å². The molecule has 0 saturated heterocycles. The van der Waals surface area contributed by atoms with Gasteiger partial charge in [0.1, 0.15) is 5.75 Å². The van der Waals surface area contributed by atoms with Crippen molar-refractivity contribution in [3.8, 4) is 5.75 Å². The van der Waals surface area contributed by atoms with Gasteiger partial charge in [-0.3, -0.25) is 0 Å². The fourth-order valence-corrected chi connectivity index (χ4v) is 1.85. The molecular weight excluding hydrogens is 256 g/mol. The molecule has 0 atom stereocenters. The number of aliphatic hydroxyl groups excluding tert-OH is 1. The number of benzene rings is 1. The first-order chi connectivity index (χ1) is 7.17. The molecule has 0 radical (unpaired) electrons. The highest BCUT2D eigenvalue weighted by Crippen LogP contribution is 2.45. The summed E-state index contributed by atoms with van der Waals surface area (Å²) in [6.07, 6.45) is 2.16. The summed E-state index contributed by atoms with van der Waals surface area (Å²) >= 11 is 3.47. The van der Waals surface area contributed by atoms with Gasteiger partial charge >= 0.3 is 0 Å². The average Bonchev–Trinajstić information content (AvgIpc) is 3.01. The van der Waals surface area contributed by atoms with Crippen LogP contribution in [-0.4, -0.2) is 18.3 Å². The van der Waals surface area contributed by atoms with E-state index in [0.29, 0.717) is 6.61 Å². The van der Waals surface area contributed by atoms with Crippen LogP contribution in [0.4, 0.5) is 0 Å². The van der Waals surface area contributed by atoms with Crippen LogP contribution in [0.1, 0.15) is 18.4 Å². The molecule has 3 heteroatoms. The maximum absolute atomic E-state index is 9.17. The van der Waals surface area contributed by atoms with Crippen LogP contribution in [0.15, 0.2) is 22.7 Å². The van der Waals surface area contributed by atoms with Crippen molar-refractivity contribution in [3.05, 3.63) is 28.2 Å². The fourth-order valence-electron chi connectivity index (χ4n) is 1.50. The van der Waals surface area contributed by atoms with Crippen molar-refractivity contribution in [2.75, 3.05) is 13.2 Å². The van der Waals surface area contributed by atoms with Crippen molar-refractivity contribution in [3.63, 3.8) is 0 Å². The third-order valence-electron chi connectivity index (χ3n) is 3.04. The second-order valence-electron chi connectivity index (χ2n) is 4.31. The van der Waals surface area contributed by atoms with E-state index in [-0.39, 0.29) is 12.0 Å². The van der Waals surface area contributed by atoms with Crippen molar-refractivity contribution >= 4 is 15.9 Å². The van der Waals surface area contributed by atoms with Crippen LogP contribution in [-0.2, 0) is 0 Å². The predicted octanol–water partition coefficient (Wildman–Crippen LogP) is 2.91. The molecule has 2 rings (SSSR count). The third-order valence-corrected chi connectivity index (χ3v) is 3.90. The number of hydrogen-bond acceptors (Lipinski definition) is 2. The SMILES string of the molecule is Cc1c(Br)cccc1OCC1(CO)CC1. The Morgan fingerprint density at radius 1 is 1.47 bits per heavy atom. The van der Waals surface area contributed by atoms with E-state index in [9.17, 15) is 0 Å². The smallest absolute Gasteiger partial charge is 0.123 e. The molecule has 0 aromatic heterocycles. The van der Waals surface area contributed by atoms with Gasteiger partial charge in [0.05, 0.1) is 13.2 Å². The summed E-state index contributed by atoms with van der Waals surface area (Å²) in [5, 5.41) is 9.17. The van der Waals surface area contributed by atoms with E-state index in [1.54, 1.807) is 0 Å². The summed E-state index contributed by atoms with van der Waals surface area (Å²) in [6, 6.07) is 5.93. The lowest BCUT2D eigenvalue weighted by Crippen LogP contribution is -2.17. The van der Waals surface area contributed by atoms with Gasteiger partial charge in [0.2, 0.25) is 0 Å². The molecule has 1 saturated carbocycles. The first kappa shape index (κ1) is 11.0. The zero-order chi connectivity index (χ0) is 10.9. The zero-order valence-corrected chi connectivity index (χ0v) is 10.4. The standard InChI is InChI=1S/C12H15BrO2/c1-9-10(13)3-2-4-11(9)15-8-12(7-14)5-6-12/h2-4,14H,5-8H2,1H3. The van der Waals surface area contributed by atoms with Gasteiger partial charge in [0, 0.05) is 15.5 Å². The molecule has 0 heterocycles. The molecule has 1 aromatic rings. The van der Waals surface area contributed by atoms with E-state index < -0.39 is 0 Å². The minimum Gasteiger partial charge on any atom is -0.493 e. The van der Waals surface area contributed by atoms with Gasteiger partial charge in [-0.15, -0.1) is 0 Å². The molecule has 82 valence electrons. The molecule has 2 nitrogen and oxygen atoms in total. The molecule has 0 aliphatic heterocycles. The van der Waals surface area contributed by atoms with Gasteiger partial charge < -0.3 is 9.84 Å². The Morgan fingerprint density at radius 3 is 2.80 bits per heavy atom.